The fourth-order valence-electron chi connectivity index (χ4n) is 2.50. The molecule has 0 saturated carbocycles. The number of ether oxygens (including phenoxy) is 1. The van der Waals surface area contributed by atoms with E-state index in [1.165, 1.54) is 0 Å². The van der Waals surface area contributed by atoms with Gasteiger partial charge in [0, 0.05) is 37.4 Å². The van der Waals surface area contributed by atoms with Crippen molar-refractivity contribution in [3.05, 3.63) is 29.8 Å². The molecule has 22 heavy (non-hydrogen) atoms. The molecule has 0 aliphatic carbocycles. The highest BCUT2D eigenvalue weighted by Crippen LogP contribution is 2.20. The molecule has 7 heteroatoms. The molecule has 1 aromatic carbocycles. The van der Waals surface area contributed by atoms with Gasteiger partial charge in [-0.15, -0.1) is 0 Å². The molecule has 1 atom stereocenters. The highest BCUT2D eigenvalue weighted by atomic mass is 32.2. The van der Waals surface area contributed by atoms with Crippen molar-refractivity contribution in [2.45, 2.75) is 13.3 Å². The average molecular weight is 326 g/mol. The molecular weight excluding hydrogens is 304 g/mol. The number of hydrogen-bond acceptors (Lipinski definition) is 4. The van der Waals surface area contributed by atoms with Gasteiger partial charge in [-0.2, -0.15) is 0 Å². The summed E-state index contributed by atoms with van der Waals surface area (Å²) in [5, 5.41) is 0. The zero-order valence-electron chi connectivity index (χ0n) is 12.9. The Hall–Kier alpha value is -1.60. The Kier molecular flexibility index (Phi) is 5.42. The van der Waals surface area contributed by atoms with Crippen LogP contribution in [0.15, 0.2) is 24.3 Å². The molecule has 0 unspecified atom stereocenters. The standard InChI is InChI=1S/C15H22N2O4S/c1-3-22(19,20)16-14-6-4-13(5-7-14)15(18)17-9-8-12(10-17)11-21-2/h4-7,12,16H,3,8-11H2,1-2H3/t12-/m0/s1. The third kappa shape index (κ3) is 4.20. The van der Waals surface area contributed by atoms with Crippen molar-refractivity contribution >= 4 is 21.6 Å². The Morgan fingerprint density at radius 2 is 2.05 bits per heavy atom. The van der Waals surface area contributed by atoms with E-state index < -0.39 is 10.0 Å². The van der Waals surface area contributed by atoms with E-state index in [2.05, 4.69) is 4.72 Å². The zero-order valence-corrected chi connectivity index (χ0v) is 13.7. The Bertz CT molecular complexity index is 613. The van der Waals surface area contributed by atoms with Gasteiger partial charge in [0.2, 0.25) is 10.0 Å². The van der Waals surface area contributed by atoms with Gasteiger partial charge in [-0.3, -0.25) is 9.52 Å². The second kappa shape index (κ2) is 7.11. The lowest BCUT2D eigenvalue weighted by Crippen LogP contribution is -2.29. The van der Waals surface area contributed by atoms with Gasteiger partial charge in [-0.1, -0.05) is 0 Å². The molecule has 0 radical (unpaired) electrons. The normalized spacial score (nSPS) is 18.5. The maximum absolute atomic E-state index is 12.4. The zero-order chi connectivity index (χ0) is 16.2. The number of nitrogens with zero attached hydrogens (tertiary/aromatic N) is 1. The molecular formula is C15H22N2O4S. The molecule has 1 aliphatic heterocycles. The number of methoxy groups -OCH3 is 1. The van der Waals surface area contributed by atoms with E-state index in [-0.39, 0.29) is 11.7 Å². The van der Waals surface area contributed by atoms with E-state index in [9.17, 15) is 13.2 Å². The average Bonchev–Trinajstić information content (AvgIpc) is 2.96. The summed E-state index contributed by atoms with van der Waals surface area (Å²) in [6.45, 7) is 3.68. The molecule has 1 N–H and O–H groups in total. The number of carbonyl (C=O) groups excluding carboxylic acids is 1. The third-order valence-electron chi connectivity index (χ3n) is 3.76. The van der Waals surface area contributed by atoms with Crippen molar-refractivity contribution < 1.29 is 17.9 Å². The van der Waals surface area contributed by atoms with Crippen LogP contribution in [0, 0.1) is 5.92 Å². The predicted octanol–water partition coefficient (Wildman–Crippen LogP) is 1.56. The van der Waals surface area contributed by atoms with Crippen LogP contribution in [0.5, 0.6) is 0 Å². The van der Waals surface area contributed by atoms with Crippen LogP contribution in [0.25, 0.3) is 0 Å². The number of hydrogen-bond donors (Lipinski definition) is 1. The van der Waals surface area contributed by atoms with Crippen LogP contribution in [-0.2, 0) is 14.8 Å². The number of anilines is 1. The first kappa shape index (κ1) is 16.8. The van der Waals surface area contributed by atoms with E-state index in [1.54, 1.807) is 38.3 Å². The van der Waals surface area contributed by atoms with Crippen molar-refractivity contribution in [2.75, 3.05) is 37.3 Å². The fraction of sp³-hybridized carbons (Fsp3) is 0.533. The van der Waals surface area contributed by atoms with Gasteiger partial charge >= 0.3 is 0 Å². The Morgan fingerprint density at radius 1 is 1.36 bits per heavy atom. The van der Waals surface area contributed by atoms with E-state index in [0.717, 1.165) is 13.0 Å². The Balaban J connectivity index is 2.00. The molecule has 0 bridgehead atoms. The van der Waals surface area contributed by atoms with Gasteiger partial charge < -0.3 is 9.64 Å². The minimum Gasteiger partial charge on any atom is -0.384 e. The van der Waals surface area contributed by atoms with Crippen LogP contribution < -0.4 is 4.72 Å². The van der Waals surface area contributed by atoms with Crippen LogP contribution in [0.3, 0.4) is 0 Å². The number of sulfonamides is 1. The van der Waals surface area contributed by atoms with Crippen LogP contribution in [0.1, 0.15) is 23.7 Å². The molecule has 1 aromatic rings. The Labute approximate surface area is 131 Å². The summed E-state index contributed by atoms with van der Waals surface area (Å²) in [7, 11) is -1.63. The van der Waals surface area contributed by atoms with E-state index in [4.69, 9.17) is 4.74 Å². The number of rotatable bonds is 6. The molecule has 6 nitrogen and oxygen atoms in total. The summed E-state index contributed by atoms with van der Waals surface area (Å²) in [4.78, 5) is 14.2. The van der Waals surface area contributed by atoms with Gasteiger partial charge in [0.1, 0.15) is 0 Å². The van der Waals surface area contributed by atoms with Crippen LogP contribution in [-0.4, -0.2) is 51.8 Å². The SMILES string of the molecule is CCS(=O)(=O)Nc1ccc(C(=O)N2CC[C@H](COC)C2)cc1. The topological polar surface area (TPSA) is 75.7 Å². The van der Waals surface area contributed by atoms with Crippen molar-refractivity contribution in [1.82, 2.24) is 4.90 Å². The van der Waals surface area contributed by atoms with Crippen LogP contribution >= 0.6 is 0 Å². The van der Waals surface area contributed by atoms with Gasteiger partial charge in [-0.05, 0) is 37.6 Å². The van der Waals surface area contributed by atoms with Crippen molar-refractivity contribution in [3.8, 4) is 0 Å². The smallest absolute Gasteiger partial charge is 0.253 e. The summed E-state index contributed by atoms with van der Waals surface area (Å²) < 4.78 is 30.6. The van der Waals surface area contributed by atoms with Gasteiger partial charge in [0.25, 0.3) is 5.91 Å². The first-order valence-corrected chi connectivity index (χ1v) is 8.99. The van der Waals surface area contributed by atoms with Crippen molar-refractivity contribution in [3.63, 3.8) is 0 Å². The van der Waals surface area contributed by atoms with Gasteiger partial charge in [-0.25, -0.2) is 8.42 Å². The molecule has 0 aromatic heterocycles. The van der Waals surface area contributed by atoms with E-state index >= 15 is 0 Å². The molecule has 0 spiro atoms. The first-order valence-electron chi connectivity index (χ1n) is 7.34. The number of amides is 1. The second-order valence-electron chi connectivity index (χ2n) is 5.44. The molecule has 122 valence electrons. The fourth-order valence-corrected chi connectivity index (χ4v) is 3.14. The molecule has 1 heterocycles. The predicted molar refractivity (Wildman–Crippen MR) is 85.4 cm³/mol. The molecule has 1 fully saturated rings. The van der Waals surface area contributed by atoms with Gasteiger partial charge in [0.15, 0.2) is 0 Å². The number of carbonyl (C=O) groups is 1. The largest absolute Gasteiger partial charge is 0.384 e. The molecule has 1 aliphatic rings. The highest BCUT2D eigenvalue weighted by Gasteiger charge is 2.26. The Morgan fingerprint density at radius 3 is 2.64 bits per heavy atom. The maximum Gasteiger partial charge on any atom is 0.253 e. The summed E-state index contributed by atoms with van der Waals surface area (Å²) in [5.41, 5.74) is 1.04. The van der Waals surface area contributed by atoms with Crippen molar-refractivity contribution in [2.24, 2.45) is 5.92 Å². The van der Waals surface area contributed by atoms with E-state index in [1.807, 2.05) is 4.90 Å². The third-order valence-corrected chi connectivity index (χ3v) is 5.07. The lowest BCUT2D eigenvalue weighted by molar-refractivity contribution is 0.0775. The minimum absolute atomic E-state index is 0.0162. The summed E-state index contributed by atoms with van der Waals surface area (Å²) >= 11 is 0. The van der Waals surface area contributed by atoms with Gasteiger partial charge in [0.05, 0.1) is 12.4 Å². The summed E-state index contributed by atoms with van der Waals surface area (Å²) in [5.74, 6) is 0.385. The molecule has 1 amide bonds. The highest BCUT2D eigenvalue weighted by molar-refractivity contribution is 7.92. The lowest BCUT2D eigenvalue weighted by atomic mass is 10.1. The number of likely N-dealkylation sites (tertiary alicyclic amines) is 1. The second-order valence-corrected chi connectivity index (χ2v) is 7.46. The number of benzene rings is 1. The van der Waals surface area contributed by atoms with Crippen LogP contribution in [0.2, 0.25) is 0 Å². The molecule has 1 saturated heterocycles. The first-order chi connectivity index (χ1) is 10.4. The number of nitrogens with one attached hydrogen (secondary N) is 1. The summed E-state index contributed by atoms with van der Waals surface area (Å²) in [6, 6.07) is 6.53. The maximum atomic E-state index is 12.4. The van der Waals surface area contributed by atoms with Crippen LogP contribution in [0.4, 0.5) is 5.69 Å². The lowest BCUT2D eigenvalue weighted by Gasteiger charge is -2.16. The molecule has 2 rings (SSSR count). The van der Waals surface area contributed by atoms with E-state index in [0.29, 0.717) is 30.3 Å². The monoisotopic (exact) mass is 326 g/mol. The quantitative estimate of drug-likeness (QED) is 0.861. The minimum atomic E-state index is -3.29. The summed E-state index contributed by atoms with van der Waals surface area (Å²) in [6.07, 6.45) is 0.952. The van der Waals surface area contributed by atoms with Crippen molar-refractivity contribution in [1.29, 1.82) is 0 Å².